The lowest BCUT2D eigenvalue weighted by atomic mass is 9.77. The van der Waals surface area contributed by atoms with Crippen molar-refractivity contribution in [3.63, 3.8) is 0 Å². The lowest BCUT2D eigenvalue weighted by molar-refractivity contribution is -0.0399. The van der Waals surface area contributed by atoms with Gasteiger partial charge in [0.15, 0.2) is 0 Å². The number of nitrogens with one attached hydrogen (secondary N) is 1. The third-order valence-electron chi connectivity index (χ3n) is 4.82. The molecule has 1 saturated carbocycles. The second kappa shape index (κ2) is 5.19. The van der Waals surface area contributed by atoms with Crippen LogP contribution in [0.4, 0.5) is 0 Å². The van der Waals surface area contributed by atoms with Crippen LogP contribution in [-0.2, 0) is 5.60 Å². The molecule has 0 atom stereocenters. The van der Waals surface area contributed by atoms with E-state index < -0.39 is 5.60 Å². The van der Waals surface area contributed by atoms with Crippen LogP contribution in [0.3, 0.4) is 0 Å². The second-order valence-electron chi connectivity index (χ2n) is 5.94. The maximum Gasteiger partial charge on any atom is 0.0912 e. The van der Waals surface area contributed by atoms with Gasteiger partial charge in [0.05, 0.1) is 5.60 Å². The minimum atomic E-state index is -0.655. The van der Waals surface area contributed by atoms with Gasteiger partial charge in [0.2, 0.25) is 0 Å². The number of likely N-dealkylation sites (tertiary alicyclic amines) is 1. The molecule has 19 heavy (non-hydrogen) atoms. The van der Waals surface area contributed by atoms with E-state index in [0.29, 0.717) is 12.1 Å². The number of aliphatic hydroxyl groups is 1. The van der Waals surface area contributed by atoms with Crippen molar-refractivity contribution in [1.82, 2.24) is 15.2 Å². The molecule has 104 valence electrons. The van der Waals surface area contributed by atoms with E-state index in [0.717, 1.165) is 44.3 Å². The first-order chi connectivity index (χ1) is 9.21. The fraction of sp³-hybridized carbons (Fsp3) is 0.667. The highest BCUT2D eigenvalue weighted by Crippen LogP contribution is 2.39. The van der Waals surface area contributed by atoms with Crippen molar-refractivity contribution in [1.29, 1.82) is 0 Å². The van der Waals surface area contributed by atoms with Crippen LogP contribution < -0.4 is 5.32 Å². The van der Waals surface area contributed by atoms with Gasteiger partial charge >= 0.3 is 0 Å². The van der Waals surface area contributed by atoms with Gasteiger partial charge in [0.25, 0.3) is 0 Å². The van der Waals surface area contributed by atoms with Crippen molar-refractivity contribution in [2.45, 2.75) is 43.4 Å². The molecule has 0 radical (unpaired) electrons. The number of hydrogen-bond acceptors (Lipinski definition) is 4. The first-order valence-corrected chi connectivity index (χ1v) is 7.25. The molecule has 1 aliphatic heterocycles. The number of rotatable bonds is 3. The van der Waals surface area contributed by atoms with E-state index in [1.54, 1.807) is 12.4 Å². The normalized spacial score (nSPS) is 33.1. The Morgan fingerprint density at radius 3 is 2.68 bits per heavy atom. The summed E-state index contributed by atoms with van der Waals surface area (Å²) in [5.74, 6) is 0. The van der Waals surface area contributed by atoms with Gasteiger partial charge in [-0.05, 0) is 38.8 Å². The monoisotopic (exact) mass is 261 g/mol. The summed E-state index contributed by atoms with van der Waals surface area (Å²) in [5.41, 5.74) is 0.322. The van der Waals surface area contributed by atoms with Crippen molar-refractivity contribution < 1.29 is 5.11 Å². The number of nitrogens with zero attached hydrogens (tertiary/aromatic N) is 2. The summed E-state index contributed by atoms with van der Waals surface area (Å²) >= 11 is 0. The van der Waals surface area contributed by atoms with Gasteiger partial charge in [0.1, 0.15) is 0 Å². The molecule has 0 amide bonds. The fourth-order valence-electron chi connectivity index (χ4n) is 3.37. The first kappa shape index (κ1) is 13.0. The van der Waals surface area contributed by atoms with Crippen molar-refractivity contribution in [3.8, 4) is 0 Å². The zero-order valence-electron chi connectivity index (χ0n) is 11.5. The third kappa shape index (κ3) is 2.53. The molecule has 2 fully saturated rings. The molecule has 1 aromatic rings. The molecule has 0 spiro atoms. The number of pyridine rings is 1. The molecule has 1 aliphatic carbocycles. The summed E-state index contributed by atoms with van der Waals surface area (Å²) in [6.07, 6.45) is 7.44. The molecule has 0 unspecified atom stereocenters. The van der Waals surface area contributed by atoms with Gasteiger partial charge in [-0.3, -0.25) is 9.88 Å². The van der Waals surface area contributed by atoms with E-state index in [-0.39, 0.29) is 0 Å². The quantitative estimate of drug-likeness (QED) is 0.856. The van der Waals surface area contributed by atoms with Crippen molar-refractivity contribution in [2.24, 2.45) is 0 Å². The Morgan fingerprint density at radius 2 is 2.11 bits per heavy atom. The number of hydrogen-bond donors (Lipinski definition) is 2. The predicted molar refractivity (Wildman–Crippen MR) is 74.8 cm³/mol. The van der Waals surface area contributed by atoms with Gasteiger partial charge in [-0.1, -0.05) is 6.07 Å². The Morgan fingerprint density at radius 1 is 1.37 bits per heavy atom. The molecule has 4 nitrogen and oxygen atoms in total. The number of likely N-dealkylation sites (N-methyl/N-ethyl adjacent to an activating group) is 1. The third-order valence-corrected chi connectivity index (χ3v) is 4.82. The van der Waals surface area contributed by atoms with Crippen LogP contribution in [-0.4, -0.2) is 47.2 Å². The summed E-state index contributed by atoms with van der Waals surface area (Å²) in [5, 5.41) is 14.1. The SMILES string of the molecule is CNC1CN(C2CCC(O)(c3cccnc3)CC2)C1. The molecular weight excluding hydrogens is 238 g/mol. The van der Waals surface area contributed by atoms with Gasteiger partial charge in [-0.25, -0.2) is 0 Å². The Labute approximate surface area is 114 Å². The molecule has 2 aliphatic rings. The van der Waals surface area contributed by atoms with E-state index in [9.17, 15) is 5.11 Å². The molecular formula is C15H23N3O. The van der Waals surface area contributed by atoms with E-state index in [1.165, 1.54) is 0 Å². The highest BCUT2D eigenvalue weighted by Gasteiger charge is 2.39. The summed E-state index contributed by atoms with van der Waals surface area (Å²) in [4.78, 5) is 6.67. The standard InChI is InChI=1S/C15H23N3O/c1-16-13-10-18(11-13)14-4-6-15(19,7-5-14)12-3-2-8-17-9-12/h2-3,8-9,13-14,16,19H,4-7,10-11H2,1H3. The van der Waals surface area contributed by atoms with Crippen molar-refractivity contribution in [3.05, 3.63) is 30.1 Å². The average Bonchev–Trinajstić information content (AvgIpc) is 2.41. The van der Waals surface area contributed by atoms with Crippen LogP contribution in [0.1, 0.15) is 31.2 Å². The maximum absolute atomic E-state index is 10.8. The molecule has 2 heterocycles. The van der Waals surface area contributed by atoms with Crippen LogP contribution in [0.5, 0.6) is 0 Å². The largest absolute Gasteiger partial charge is 0.385 e. The van der Waals surface area contributed by atoms with Gasteiger partial charge in [0, 0.05) is 43.1 Å². The van der Waals surface area contributed by atoms with Gasteiger partial charge < -0.3 is 10.4 Å². The van der Waals surface area contributed by atoms with Crippen LogP contribution in [0.15, 0.2) is 24.5 Å². The Kier molecular flexibility index (Phi) is 3.56. The summed E-state index contributed by atoms with van der Waals surface area (Å²) in [6.45, 7) is 2.32. The molecule has 0 bridgehead atoms. The Balaban J connectivity index is 1.58. The maximum atomic E-state index is 10.8. The van der Waals surface area contributed by atoms with Crippen LogP contribution in [0, 0.1) is 0 Å². The lowest BCUT2D eigenvalue weighted by Gasteiger charge is -2.48. The van der Waals surface area contributed by atoms with Gasteiger partial charge in [-0.2, -0.15) is 0 Å². The zero-order chi connectivity index (χ0) is 13.3. The molecule has 1 aromatic heterocycles. The summed E-state index contributed by atoms with van der Waals surface area (Å²) < 4.78 is 0. The van der Waals surface area contributed by atoms with Crippen LogP contribution in [0.25, 0.3) is 0 Å². The molecule has 2 N–H and O–H groups in total. The Hall–Kier alpha value is -0.970. The lowest BCUT2D eigenvalue weighted by Crippen LogP contribution is -2.61. The van der Waals surface area contributed by atoms with Crippen LogP contribution >= 0.6 is 0 Å². The minimum absolute atomic E-state index is 0.654. The molecule has 1 saturated heterocycles. The first-order valence-electron chi connectivity index (χ1n) is 7.25. The molecule has 4 heteroatoms. The molecule has 0 aromatic carbocycles. The fourth-order valence-corrected chi connectivity index (χ4v) is 3.37. The highest BCUT2D eigenvalue weighted by atomic mass is 16.3. The molecule has 3 rings (SSSR count). The average molecular weight is 261 g/mol. The predicted octanol–water partition coefficient (Wildman–Crippen LogP) is 1.12. The summed E-state index contributed by atoms with van der Waals surface area (Å²) in [7, 11) is 2.03. The minimum Gasteiger partial charge on any atom is -0.385 e. The van der Waals surface area contributed by atoms with E-state index in [4.69, 9.17) is 0 Å². The summed E-state index contributed by atoms with van der Waals surface area (Å²) in [6, 6.07) is 5.22. The van der Waals surface area contributed by atoms with Crippen molar-refractivity contribution >= 4 is 0 Å². The highest BCUT2D eigenvalue weighted by molar-refractivity contribution is 5.19. The van der Waals surface area contributed by atoms with Gasteiger partial charge in [-0.15, -0.1) is 0 Å². The van der Waals surface area contributed by atoms with Crippen molar-refractivity contribution in [2.75, 3.05) is 20.1 Å². The van der Waals surface area contributed by atoms with Crippen LogP contribution in [0.2, 0.25) is 0 Å². The topological polar surface area (TPSA) is 48.4 Å². The number of aromatic nitrogens is 1. The smallest absolute Gasteiger partial charge is 0.0912 e. The van der Waals surface area contributed by atoms with E-state index in [2.05, 4.69) is 15.2 Å². The van der Waals surface area contributed by atoms with E-state index >= 15 is 0 Å². The second-order valence-corrected chi connectivity index (χ2v) is 5.94. The zero-order valence-corrected chi connectivity index (χ0v) is 11.5. The Bertz CT molecular complexity index is 409. The van der Waals surface area contributed by atoms with E-state index in [1.807, 2.05) is 19.2 Å².